The molecule has 1 aromatic carbocycles. The lowest BCUT2D eigenvalue weighted by molar-refractivity contribution is 0.0684. The third-order valence-corrected chi connectivity index (χ3v) is 5.98. The SMILES string of the molecule is O=C(c1cnc[nH]1)N1CC[C@]2(CCCN(CCCc3ccccc3)C2)C1. The molecule has 1 aromatic heterocycles. The zero-order chi connectivity index (χ0) is 17.8. The first-order valence-corrected chi connectivity index (χ1v) is 9.78. The number of aromatic nitrogens is 2. The summed E-state index contributed by atoms with van der Waals surface area (Å²) >= 11 is 0. The summed E-state index contributed by atoms with van der Waals surface area (Å²) in [6.45, 7) is 5.25. The number of likely N-dealkylation sites (tertiary alicyclic amines) is 2. The summed E-state index contributed by atoms with van der Waals surface area (Å²) in [6.07, 6.45) is 9.18. The molecule has 2 fully saturated rings. The van der Waals surface area contributed by atoms with E-state index in [2.05, 4.69) is 45.2 Å². The molecule has 2 saturated heterocycles. The average molecular weight is 352 g/mol. The Morgan fingerprint density at radius 1 is 1.15 bits per heavy atom. The normalized spacial score (nSPS) is 23.6. The highest BCUT2D eigenvalue weighted by Gasteiger charge is 2.42. The average Bonchev–Trinajstić information content (AvgIpc) is 3.33. The molecule has 1 spiro atoms. The standard InChI is InChI=1S/C21H28N4O/c26-20(19-14-22-17-23-19)25-13-10-21(16-25)9-5-12-24(15-21)11-4-8-18-6-2-1-3-7-18/h1-3,6-7,14,17H,4-5,8-13,15-16H2,(H,22,23)/t21-/m0/s1. The zero-order valence-electron chi connectivity index (χ0n) is 15.4. The number of nitrogens with zero attached hydrogens (tertiary/aromatic N) is 3. The largest absolute Gasteiger partial charge is 0.341 e. The van der Waals surface area contributed by atoms with Crippen LogP contribution in [0.15, 0.2) is 42.9 Å². The topological polar surface area (TPSA) is 52.2 Å². The molecule has 1 N–H and O–H groups in total. The van der Waals surface area contributed by atoms with Gasteiger partial charge in [0.25, 0.3) is 5.91 Å². The molecule has 138 valence electrons. The van der Waals surface area contributed by atoms with Crippen LogP contribution in [0, 0.1) is 5.41 Å². The van der Waals surface area contributed by atoms with Gasteiger partial charge < -0.3 is 14.8 Å². The number of H-pyrrole nitrogens is 1. The molecule has 0 saturated carbocycles. The zero-order valence-corrected chi connectivity index (χ0v) is 15.4. The van der Waals surface area contributed by atoms with Gasteiger partial charge in [-0.25, -0.2) is 4.98 Å². The van der Waals surface area contributed by atoms with Crippen molar-refractivity contribution in [3.8, 4) is 0 Å². The highest BCUT2D eigenvalue weighted by atomic mass is 16.2. The lowest BCUT2D eigenvalue weighted by Crippen LogP contribution is -2.45. The second kappa shape index (κ2) is 7.62. The Morgan fingerprint density at radius 2 is 2.04 bits per heavy atom. The van der Waals surface area contributed by atoms with Crippen LogP contribution in [0.5, 0.6) is 0 Å². The van der Waals surface area contributed by atoms with Gasteiger partial charge in [0.15, 0.2) is 0 Å². The number of benzene rings is 1. The Morgan fingerprint density at radius 3 is 2.85 bits per heavy atom. The quantitative estimate of drug-likeness (QED) is 0.900. The van der Waals surface area contributed by atoms with Gasteiger partial charge in [0.2, 0.25) is 0 Å². The number of carbonyl (C=O) groups excluding carboxylic acids is 1. The van der Waals surface area contributed by atoms with E-state index in [1.807, 2.05) is 4.90 Å². The van der Waals surface area contributed by atoms with Gasteiger partial charge in [0.1, 0.15) is 5.69 Å². The summed E-state index contributed by atoms with van der Waals surface area (Å²) in [4.78, 5) is 24.1. The molecule has 1 atom stereocenters. The van der Waals surface area contributed by atoms with Gasteiger partial charge in [-0.15, -0.1) is 0 Å². The Balaban J connectivity index is 1.30. The lowest BCUT2D eigenvalue weighted by atomic mass is 9.79. The van der Waals surface area contributed by atoms with Crippen LogP contribution in [0.3, 0.4) is 0 Å². The van der Waals surface area contributed by atoms with Crippen molar-refractivity contribution in [3.63, 3.8) is 0 Å². The highest BCUT2D eigenvalue weighted by molar-refractivity contribution is 5.92. The minimum atomic E-state index is 0.0978. The molecule has 4 rings (SSSR count). The van der Waals surface area contributed by atoms with Crippen molar-refractivity contribution in [3.05, 3.63) is 54.1 Å². The van der Waals surface area contributed by atoms with Crippen LogP contribution in [0.2, 0.25) is 0 Å². The van der Waals surface area contributed by atoms with Gasteiger partial charge in [-0.3, -0.25) is 4.79 Å². The Bertz CT molecular complexity index is 715. The third-order valence-electron chi connectivity index (χ3n) is 5.98. The van der Waals surface area contributed by atoms with Crippen molar-refractivity contribution in [2.75, 3.05) is 32.7 Å². The molecule has 0 aliphatic carbocycles. The van der Waals surface area contributed by atoms with Gasteiger partial charge in [-0.05, 0) is 50.8 Å². The predicted octanol–water partition coefficient (Wildman–Crippen LogP) is 2.97. The van der Waals surface area contributed by atoms with Crippen molar-refractivity contribution >= 4 is 5.91 Å². The van der Waals surface area contributed by atoms with Crippen LogP contribution in [-0.4, -0.2) is 58.4 Å². The molecule has 0 radical (unpaired) electrons. The highest BCUT2D eigenvalue weighted by Crippen LogP contribution is 2.39. The molecule has 0 bridgehead atoms. The molecule has 26 heavy (non-hydrogen) atoms. The number of rotatable bonds is 5. The maximum Gasteiger partial charge on any atom is 0.271 e. The van der Waals surface area contributed by atoms with Crippen LogP contribution in [0.4, 0.5) is 0 Å². The lowest BCUT2D eigenvalue weighted by Gasteiger charge is -2.40. The maximum atomic E-state index is 12.6. The molecule has 2 aliphatic heterocycles. The van der Waals surface area contributed by atoms with E-state index in [0.29, 0.717) is 11.1 Å². The van der Waals surface area contributed by atoms with E-state index in [4.69, 9.17) is 0 Å². The number of hydrogen-bond acceptors (Lipinski definition) is 3. The Hall–Kier alpha value is -2.14. The van der Waals surface area contributed by atoms with Crippen molar-refractivity contribution in [2.24, 2.45) is 5.41 Å². The summed E-state index contributed by atoms with van der Waals surface area (Å²) in [5, 5.41) is 0. The number of nitrogens with one attached hydrogen (secondary N) is 1. The first-order valence-electron chi connectivity index (χ1n) is 9.78. The van der Waals surface area contributed by atoms with Gasteiger partial charge in [-0.1, -0.05) is 30.3 Å². The second-order valence-corrected chi connectivity index (χ2v) is 7.91. The van der Waals surface area contributed by atoms with Crippen LogP contribution < -0.4 is 0 Å². The molecule has 5 heteroatoms. The third kappa shape index (κ3) is 3.83. The number of piperidine rings is 1. The molecular weight excluding hydrogens is 324 g/mol. The van der Waals surface area contributed by atoms with Gasteiger partial charge in [0.05, 0.1) is 12.5 Å². The second-order valence-electron chi connectivity index (χ2n) is 7.91. The van der Waals surface area contributed by atoms with Gasteiger partial charge in [-0.2, -0.15) is 0 Å². The van der Waals surface area contributed by atoms with Crippen LogP contribution in [-0.2, 0) is 6.42 Å². The van der Waals surface area contributed by atoms with Crippen LogP contribution in [0.1, 0.15) is 41.7 Å². The number of imidazole rings is 1. The van der Waals surface area contributed by atoms with E-state index in [1.54, 1.807) is 12.5 Å². The number of aromatic amines is 1. The summed E-state index contributed by atoms with van der Waals surface area (Å²) < 4.78 is 0. The fourth-order valence-corrected chi connectivity index (χ4v) is 4.64. The summed E-state index contributed by atoms with van der Waals surface area (Å²) in [5.74, 6) is 0.0978. The number of hydrogen-bond donors (Lipinski definition) is 1. The fourth-order valence-electron chi connectivity index (χ4n) is 4.64. The van der Waals surface area contributed by atoms with Crippen LogP contribution >= 0.6 is 0 Å². The van der Waals surface area contributed by atoms with E-state index in [9.17, 15) is 4.79 Å². The van der Waals surface area contributed by atoms with E-state index in [1.165, 1.54) is 31.4 Å². The minimum absolute atomic E-state index is 0.0978. The van der Waals surface area contributed by atoms with Gasteiger partial charge in [0, 0.05) is 25.0 Å². The van der Waals surface area contributed by atoms with Crippen molar-refractivity contribution < 1.29 is 4.79 Å². The van der Waals surface area contributed by atoms with Crippen LogP contribution in [0.25, 0.3) is 0 Å². The molecule has 2 aromatic rings. The summed E-state index contributed by atoms with van der Waals surface area (Å²) in [7, 11) is 0. The van der Waals surface area contributed by atoms with E-state index < -0.39 is 0 Å². The Kier molecular flexibility index (Phi) is 5.07. The number of carbonyl (C=O) groups is 1. The first-order chi connectivity index (χ1) is 12.7. The van der Waals surface area contributed by atoms with Gasteiger partial charge >= 0.3 is 0 Å². The van der Waals surface area contributed by atoms with E-state index in [-0.39, 0.29) is 5.91 Å². The predicted molar refractivity (Wildman–Crippen MR) is 102 cm³/mol. The molecular formula is C21H28N4O. The number of amides is 1. The number of aryl methyl sites for hydroxylation is 1. The van der Waals surface area contributed by atoms with Crippen molar-refractivity contribution in [2.45, 2.75) is 32.1 Å². The minimum Gasteiger partial charge on any atom is -0.341 e. The first kappa shape index (κ1) is 17.3. The Labute approximate surface area is 155 Å². The fraction of sp³-hybridized carbons (Fsp3) is 0.524. The monoisotopic (exact) mass is 352 g/mol. The maximum absolute atomic E-state index is 12.6. The summed E-state index contributed by atoms with van der Waals surface area (Å²) in [5.41, 5.74) is 2.33. The van der Waals surface area contributed by atoms with E-state index >= 15 is 0 Å². The van der Waals surface area contributed by atoms with E-state index in [0.717, 1.165) is 39.0 Å². The van der Waals surface area contributed by atoms with Crippen molar-refractivity contribution in [1.29, 1.82) is 0 Å². The molecule has 1 amide bonds. The molecule has 0 unspecified atom stereocenters. The summed E-state index contributed by atoms with van der Waals surface area (Å²) in [6, 6.07) is 10.7. The molecule has 5 nitrogen and oxygen atoms in total. The smallest absolute Gasteiger partial charge is 0.271 e. The molecule has 2 aliphatic rings. The molecule has 3 heterocycles. The van der Waals surface area contributed by atoms with Crippen molar-refractivity contribution in [1.82, 2.24) is 19.8 Å².